The lowest BCUT2D eigenvalue weighted by Crippen LogP contribution is -2.40. The number of hydrogen-bond acceptors (Lipinski definition) is 4. The van der Waals surface area contributed by atoms with E-state index >= 15 is 0 Å². The largest absolute Gasteiger partial charge is 0.496 e. The second-order valence-electron chi connectivity index (χ2n) is 8.21. The smallest absolute Gasteiger partial charge is 0.267 e. The summed E-state index contributed by atoms with van der Waals surface area (Å²) in [5.74, 6) is 0.903. The summed E-state index contributed by atoms with van der Waals surface area (Å²) in [6, 6.07) is 22.3. The molecule has 1 amide bonds. The molecule has 2 aliphatic rings. The minimum atomic E-state index is 0.0662. The maximum atomic E-state index is 13.6. The van der Waals surface area contributed by atoms with E-state index < -0.39 is 0 Å². The average molecular weight is 443 g/mol. The van der Waals surface area contributed by atoms with Crippen LogP contribution in [0.5, 0.6) is 5.75 Å². The Morgan fingerprint density at radius 2 is 1.66 bits per heavy atom. The topological polar surface area (TPSA) is 41.9 Å². The van der Waals surface area contributed by atoms with E-state index in [0.717, 1.165) is 50.7 Å². The third-order valence-electron chi connectivity index (χ3n) is 6.18. The first-order valence-electron chi connectivity index (χ1n) is 11.2. The van der Waals surface area contributed by atoms with Crippen LogP contribution in [0.15, 0.2) is 76.6 Å². The van der Waals surface area contributed by atoms with Gasteiger partial charge in [-0.25, -0.2) is 4.99 Å². The number of ether oxygens (including phenoxy) is 1. The lowest BCUT2D eigenvalue weighted by atomic mass is 9.94. The molecule has 0 N–H and O–H groups in total. The zero-order valence-electron chi connectivity index (χ0n) is 18.2. The van der Waals surface area contributed by atoms with Crippen LogP contribution in [0, 0.1) is 0 Å². The molecule has 0 radical (unpaired) electrons. The van der Waals surface area contributed by atoms with E-state index in [1.54, 1.807) is 7.11 Å². The zero-order valence-corrected chi connectivity index (χ0v) is 19.0. The van der Waals surface area contributed by atoms with Gasteiger partial charge in [0.15, 0.2) is 5.17 Å². The molecule has 0 aromatic heterocycles. The molecular formula is C27H26N2O2S. The number of fused-ring (bicyclic) bond motifs is 1. The summed E-state index contributed by atoms with van der Waals surface area (Å²) in [6.07, 6.45) is 7.67. The number of benzene rings is 3. The van der Waals surface area contributed by atoms with Crippen molar-refractivity contribution < 1.29 is 9.53 Å². The van der Waals surface area contributed by atoms with E-state index in [2.05, 4.69) is 12.1 Å². The molecule has 1 saturated heterocycles. The van der Waals surface area contributed by atoms with Crippen molar-refractivity contribution in [3.63, 3.8) is 0 Å². The predicted molar refractivity (Wildman–Crippen MR) is 133 cm³/mol. The van der Waals surface area contributed by atoms with Gasteiger partial charge in [-0.1, -0.05) is 67.8 Å². The van der Waals surface area contributed by atoms with E-state index in [-0.39, 0.29) is 11.9 Å². The van der Waals surface area contributed by atoms with E-state index in [1.807, 2.05) is 65.6 Å². The zero-order chi connectivity index (χ0) is 21.9. The predicted octanol–water partition coefficient (Wildman–Crippen LogP) is 6.79. The van der Waals surface area contributed by atoms with Crippen molar-refractivity contribution >= 4 is 45.4 Å². The standard InChI is InChI=1S/C27H26N2O2S/c1-31-24-17-16-19(22-14-8-9-15-23(22)24)18-25-26(30)29(21-12-6-3-7-13-21)27(32-25)28-20-10-4-2-5-11-20/h2,4-5,8-11,14-18,21H,3,6-7,12-13H2,1H3/b25-18+,28-27?. The number of nitrogens with zero attached hydrogens (tertiary/aromatic N) is 2. The summed E-state index contributed by atoms with van der Waals surface area (Å²) in [4.78, 5) is 21.1. The fraction of sp³-hybridized carbons (Fsp3) is 0.259. The Hall–Kier alpha value is -3.05. The summed E-state index contributed by atoms with van der Waals surface area (Å²) < 4.78 is 5.53. The molecule has 1 aliphatic heterocycles. The highest BCUT2D eigenvalue weighted by molar-refractivity contribution is 8.18. The van der Waals surface area contributed by atoms with E-state index in [1.165, 1.54) is 31.0 Å². The fourth-order valence-electron chi connectivity index (χ4n) is 4.58. The minimum absolute atomic E-state index is 0.0662. The number of para-hydroxylation sites is 1. The Morgan fingerprint density at radius 1 is 0.938 bits per heavy atom. The van der Waals surface area contributed by atoms with Crippen LogP contribution < -0.4 is 4.74 Å². The molecule has 0 unspecified atom stereocenters. The highest BCUT2D eigenvalue weighted by atomic mass is 32.2. The number of amidine groups is 1. The minimum Gasteiger partial charge on any atom is -0.496 e. The molecule has 5 heteroatoms. The van der Waals surface area contributed by atoms with Gasteiger partial charge in [-0.3, -0.25) is 9.69 Å². The lowest BCUT2D eigenvalue weighted by molar-refractivity contribution is -0.124. The normalized spacial score (nSPS) is 19.9. The van der Waals surface area contributed by atoms with Gasteiger partial charge in [0.05, 0.1) is 17.7 Å². The second-order valence-corrected chi connectivity index (χ2v) is 9.22. The average Bonchev–Trinajstić information content (AvgIpc) is 3.14. The number of carbonyl (C=O) groups excluding carboxylic acids is 1. The summed E-state index contributed by atoms with van der Waals surface area (Å²) >= 11 is 1.48. The van der Waals surface area contributed by atoms with E-state index in [0.29, 0.717) is 0 Å². The van der Waals surface area contributed by atoms with Crippen molar-refractivity contribution in [3.05, 3.63) is 77.2 Å². The van der Waals surface area contributed by atoms with Crippen LogP contribution in [0.1, 0.15) is 37.7 Å². The molecular weight excluding hydrogens is 416 g/mol. The first kappa shape index (κ1) is 20.8. The first-order valence-corrected chi connectivity index (χ1v) is 12.0. The van der Waals surface area contributed by atoms with Crippen LogP contribution in [0.25, 0.3) is 16.8 Å². The van der Waals surface area contributed by atoms with Gasteiger partial charge < -0.3 is 4.74 Å². The highest BCUT2D eigenvalue weighted by Crippen LogP contribution is 2.39. The van der Waals surface area contributed by atoms with E-state index in [9.17, 15) is 4.79 Å². The Balaban J connectivity index is 1.57. The molecule has 0 spiro atoms. The number of thioether (sulfide) groups is 1. The summed E-state index contributed by atoms with van der Waals surface area (Å²) in [7, 11) is 1.69. The maximum absolute atomic E-state index is 13.6. The molecule has 3 aromatic carbocycles. The molecule has 1 aliphatic carbocycles. The van der Waals surface area contributed by atoms with Crippen molar-refractivity contribution in [2.75, 3.05) is 7.11 Å². The van der Waals surface area contributed by atoms with Gasteiger partial charge in [0.2, 0.25) is 0 Å². The van der Waals surface area contributed by atoms with Crippen molar-refractivity contribution in [3.8, 4) is 5.75 Å². The fourth-order valence-corrected chi connectivity index (χ4v) is 5.63. The Labute approximate surface area is 193 Å². The van der Waals surface area contributed by atoms with Crippen molar-refractivity contribution in [2.45, 2.75) is 38.1 Å². The number of carbonyl (C=O) groups is 1. The van der Waals surface area contributed by atoms with Gasteiger partial charge in [0.25, 0.3) is 5.91 Å². The van der Waals surface area contributed by atoms with Crippen LogP contribution in [0.4, 0.5) is 5.69 Å². The highest BCUT2D eigenvalue weighted by Gasteiger charge is 2.38. The van der Waals surface area contributed by atoms with Gasteiger partial charge in [-0.2, -0.15) is 0 Å². The van der Waals surface area contributed by atoms with Gasteiger partial charge in [-0.15, -0.1) is 0 Å². The van der Waals surface area contributed by atoms with Crippen LogP contribution in [-0.2, 0) is 4.79 Å². The molecule has 162 valence electrons. The number of aliphatic imine (C=N–C) groups is 1. The lowest BCUT2D eigenvalue weighted by Gasteiger charge is -2.30. The van der Waals surface area contributed by atoms with Gasteiger partial charge >= 0.3 is 0 Å². The second kappa shape index (κ2) is 9.21. The molecule has 1 saturated carbocycles. The maximum Gasteiger partial charge on any atom is 0.267 e. The molecule has 2 fully saturated rings. The summed E-state index contributed by atoms with van der Waals surface area (Å²) in [6.45, 7) is 0. The summed E-state index contributed by atoms with van der Waals surface area (Å²) in [5.41, 5.74) is 1.89. The monoisotopic (exact) mass is 442 g/mol. The SMILES string of the molecule is COc1ccc(/C=C2/SC(=Nc3ccccc3)N(C3CCCCC3)C2=O)c2ccccc12. The third-order valence-corrected chi connectivity index (χ3v) is 7.16. The quantitative estimate of drug-likeness (QED) is 0.418. The van der Waals surface area contributed by atoms with E-state index in [4.69, 9.17) is 9.73 Å². The Kier molecular flexibility index (Phi) is 5.99. The molecule has 1 heterocycles. The third kappa shape index (κ3) is 4.05. The van der Waals surface area contributed by atoms with Crippen LogP contribution in [-0.4, -0.2) is 29.1 Å². The first-order chi connectivity index (χ1) is 15.7. The molecule has 4 nitrogen and oxygen atoms in total. The van der Waals surface area contributed by atoms with Crippen LogP contribution >= 0.6 is 11.8 Å². The van der Waals surface area contributed by atoms with Crippen LogP contribution in [0.2, 0.25) is 0 Å². The van der Waals surface area contributed by atoms with Crippen molar-refractivity contribution in [1.29, 1.82) is 0 Å². The number of rotatable bonds is 4. The molecule has 3 aromatic rings. The van der Waals surface area contributed by atoms with Gasteiger partial charge in [-0.05, 0) is 59.8 Å². The number of amides is 1. The number of hydrogen-bond donors (Lipinski definition) is 0. The van der Waals surface area contributed by atoms with Crippen LogP contribution in [0.3, 0.4) is 0 Å². The molecule has 0 atom stereocenters. The van der Waals surface area contributed by atoms with Gasteiger partial charge in [0, 0.05) is 11.4 Å². The Morgan fingerprint density at radius 3 is 2.41 bits per heavy atom. The molecule has 32 heavy (non-hydrogen) atoms. The van der Waals surface area contributed by atoms with Crippen molar-refractivity contribution in [2.24, 2.45) is 4.99 Å². The Bertz CT molecular complexity index is 1200. The molecule has 0 bridgehead atoms. The number of methoxy groups -OCH3 is 1. The summed E-state index contributed by atoms with van der Waals surface area (Å²) in [5, 5.41) is 2.91. The van der Waals surface area contributed by atoms with Crippen molar-refractivity contribution in [1.82, 2.24) is 4.90 Å². The van der Waals surface area contributed by atoms with Gasteiger partial charge in [0.1, 0.15) is 5.75 Å². The molecule has 5 rings (SSSR count).